The van der Waals surface area contributed by atoms with Gasteiger partial charge in [0.05, 0.1) is 13.2 Å². The van der Waals surface area contributed by atoms with Gasteiger partial charge in [-0.2, -0.15) is 0 Å². The van der Waals surface area contributed by atoms with Crippen molar-refractivity contribution in [2.75, 3.05) is 41.0 Å². The van der Waals surface area contributed by atoms with Crippen LogP contribution in [0.2, 0.25) is 0 Å². The van der Waals surface area contributed by atoms with Gasteiger partial charge in [-0.3, -0.25) is 4.99 Å². The Kier molecular flexibility index (Phi) is 9.07. The van der Waals surface area contributed by atoms with E-state index < -0.39 is 0 Å². The first-order chi connectivity index (χ1) is 13.7. The molecule has 152 valence electrons. The fourth-order valence-corrected chi connectivity index (χ4v) is 2.60. The van der Waals surface area contributed by atoms with Crippen LogP contribution in [-0.4, -0.2) is 56.9 Å². The SMILES string of the molecule is CCOc1ccc(CN(C)C(=NC)NCc2ccc(OCCOC)nc2)cc1. The summed E-state index contributed by atoms with van der Waals surface area (Å²) in [7, 11) is 5.43. The van der Waals surface area contributed by atoms with E-state index in [1.165, 1.54) is 5.56 Å². The van der Waals surface area contributed by atoms with E-state index in [9.17, 15) is 0 Å². The second-order valence-electron chi connectivity index (χ2n) is 6.18. The highest BCUT2D eigenvalue weighted by molar-refractivity contribution is 5.79. The lowest BCUT2D eigenvalue weighted by molar-refractivity contribution is 0.143. The Bertz CT molecular complexity index is 717. The predicted molar refractivity (Wildman–Crippen MR) is 111 cm³/mol. The zero-order chi connectivity index (χ0) is 20.2. The van der Waals surface area contributed by atoms with Crippen molar-refractivity contribution >= 4 is 5.96 Å². The molecule has 0 saturated carbocycles. The van der Waals surface area contributed by atoms with Crippen LogP contribution in [0.25, 0.3) is 0 Å². The van der Waals surface area contributed by atoms with Crippen molar-refractivity contribution in [2.45, 2.75) is 20.0 Å². The number of pyridine rings is 1. The molecule has 1 heterocycles. The summed E-state index contributed by atoms with van der Waals surface area (Å²) < 4.78 is 15.9. The van der Waals surface area contributed by atoms with Gasteiger partial charge in [0.25, 0.3) is 0 Å². The molecular weight excluding hydrogens is 356 g/mol. The van der Waals surface area contributed by atoms with Gasteiger partial charge in [-0.25, -0.2) is 4.98 Å². The smallest absolute Gasteiger partial charge is 0.213 e. The summed E-state index contributed by atoms with van der Waals surface area (Å²) in [4.78, 5) is 10.7. The molecule has 7 nitrogen and oxygen atoms in total. The third-order valence-corrected chi connectivity index (χ3v) is 4.01. The molecule has 0 fully saturated rings. The summed E-state index contributed by atoms with van der Waals surface area (Å²) >= 11 is 0. The minimum absolute atomic E-state index is 0.490. The van der Waals surface area contributed by atoms with Crippen LogP contribution in [0.5, 0.6) is 11.6 Å². The highest BCUT2D eigenvalue weighted by Gasteiger charge is 2.07. The number of ether oxygens (including phenoxy) is 3. The van der Waals surface area contributed by atoms with Gasteiger partial charge in [0.15, 0.2) is 5.96 Å². The van der Waals surface area contributed by atoms with Crippen LogP contribution in [0.1, 0.15) is 18.1 Å². The molecule has 0 saturated heterocycles. The molecule has 1 aromatic carbocycles. The van der Waals surface area contributed by atoms with Gasteiger partial charge in [-0.15, -0.1) is 0 Å². The summed E-state index contributed by atoms with van der Waals surface area (Å²) in [5.74, 6) is 2.30. The van der Waals surface area contributed by atoms with Crippen LogP contribution in [0.15, 0.2) is 47.6 Å². The molecule has 0 unspecified atom stereocenters. The molecule has 1 N–H and O–H groups in total. The lowest BCUT2D eigenvalue weighted by Crippen LogP contribution is -2.38. The summed E-state index contributed by atoms with van der Waals surface area (Å²) in [5.41, 5.74) is 2.24. The molecule has 0 aliphatic carbocycles. The predicted octanol–water partition coefficient (Wildman–Crippen LogP) is 2.71. The molecule has 1 aromatic heterocycles. The number of aromatic nitrogens is 1. The largest absolute Gasteiger partial charge is 0.494 e. The van der Waals surface area contributed by atoms with E-state index in [2.05, 4.69) is 32.3 Å². The van der Waals surface area contributed by atoms with Crippen molar-refractivity contribution in [1.82, 2.24) is 15.2 Å². The second-order valence-corrected chi connectivity index (χ2v) is 6.18. The molecule has 2 rings (SSSR count). The van der Waals surface area contributed by atoms with E-state index in [1.807, 2.05) is 38.2 Å². The van der Waals surface area contributed by atoms with Gasteiger partial charge in [-0.1, -0.05) is 18.2 Å². The molecule has 0 bridgehead atoms. The van der Waals surface area contributed by atoms with Gasteiger partial charge in [-0.05, 0) is 30.2 Å². The van der Waals surface area contributed by atoms with Gasteiger partial charge in [0, 0.05) is 46.6 Å². The third kappa shape index (κ3) is 7.08. The molecule has 28 heavy (non-hydrogen) atoms. The number of hydrogen-bond acceptors (Lipinski definition) is 5. The Morgan fingerprint density at radius 1 is 1.07 bits per heavy atom. The number of benzene rings is 1. The summed E-state index contributed by atoms with van der Waals surface area (Å²) in [6, 6.07) is 12.0. The minimum Gasteiger partial charge on any atom is -0.494 e. The third-order valence-electron chi connectivity index (χ3n) is 4.01. The maximum absolute atomic E-state index is 5.49. The second kappa shape index (κ2) is 11.8. The quantitative estimate of drug-likeness (QED) is 0.385. The number of aliphatic imine (C=N–C) groups is 1. The van der Waals surface area contributed by atoms with Crippen molar-refractivity contribution < 1.29 is 14.2 Å². The van der Waals surface area contributed by atoms with Crippen molar-refractivity contribution in [3.05, 3.63) is 53.7 Å². The maximum atomic E-state index is 5.49. The van der Waals surface area contributed by atoms with Crippen LogP contribution in [0.3, 0.4) is 0 Å². The van der Waals surface area contributed by atoms with Gasteiger partial charge < -0.3 is 24.4 Å². The van der Waals surface area contributed by atoms with E-state index in [-0.39, 0.29) is 0 Å². The van der Waals surface area contributed by atoms with Crippen molar-refractivity contribution in [1.29, 1.82) is 0 Å². The lowest BCUT2D eigenvalue weighted by atomic mass is 10.2. The molecule has 0 aliphatic rings. The lowest BCUT2D eigenvalue weighted by Gasteiger charge is -2.22. The normalized spacial score (nSPS) is 11.2. The van der Waals surface area contributed by atoms with E-state index >= 15 is 0 Å². The van der Waals surface area contributed by atoms with E-state index in [1.54, 1.807) is 20.4 Å². The Hall–Kier alpha value is -2.80. The molecule has 0 radical (unpaired) electrons. The molecular formula is C21H30N4O3. The maximum Gasteiger partial charge on any atom is 0.213 e. The Morgan fingerprint density at radius 3 is 2.43 bits per heavy atom. The fourth-order valence-electron chi connectivity index (χ4n) is 2.60. The Morgan fingerprint density at radius 2 is 1.82 bits per heavy atom. The van der Waals surface area contributed by atoms with Crippen molar-refractivity contribution in [3.63, 3.8) is 0 Å². The summed E-state index contributed by atoms with van der Waals surface area (Å²) in [6.07, 6.45) is 1.80. The summed E-state index contributed by atoms with van der Waals surface area (Å²) in [6.45, 7) is 5.06. The Balaban J connectivity index is 1.84. The van der Waals surface area contributed by atoms with E-state index in [0.717, 1.165) is 23.8 Å². The average molecular weight is 386 g/mol. The number of hydrogen-bond donors (Lipinski definition) is 1. The number of nitrogens with zero attached hydrogens (tertiary/aromatic N) is 3. The van der Waals surface area contributed by atoms with E-state index in [4.69, 9.17) is 14.2 Å². The van der Waals surface area contributed by atoms with Crippen molar-refractivity contribution in [2.24, 2.45) is 4.99 Å². The van der Waals surface area contributed by atoms with Crippen LogP contribution in [-0.2, 0) is 17.8 Å². The van der Waals surface area contributed by atoms with Crippen LogP contribution in [0, 0.1) is 0 Å². The Labute approximate surface area is 167 Å². The first-order valence-corrected chi connectivity index (χ1v) is 9.36. The van der Waals surface area contributed by atoms with Crippen molar-refractivity contribution in [3.8, 4) is 11.6 Å². The number of methoxy groups -OCH3 is 1. The number of rotatable bonds is 10. The zero-order valence-corrected chi connectivity index (χ0v) is 17.1. The molecule has 0 amide bonds. The topological polar surface area (TPSA) is 68.2 Å². The van der Waals surface area contributed by atoms with Crippen LogP contribution in [0.4, 0.5) is 0 Å². The molecule has 0 aliphatic heterocycles. The number of guanidine groups is 1. The monoisotopic (exact) mass is 386 g/mol. The zero-order valence-electron chi connectivity index (χ0n) is 17.1. The standard InChI is InChI=1S/C21H30N4O3/c1-5-27-19-9-6-17(7-10-19)16-25(3)21(22-2)24-15-18-8-11-20(23-14-18)28-13-12-26-4/h6-11,14H,5,12-13,15-16H2,1-4H3,(H,22,24). The van der Waals surface area contributed by atoms with E-state index in [0.29, 0.717) is 32.2 Å². The highest BCUT2D eigenvalue weighted by Crippen LogP contribution is 2.13. The molecule has 0 spiro atoms. The van der Waals surface area contributed by atoms with Gasteiger partial charge >= 0.3 is 0 Å². The molecule has 2 aromatic rings. The fraction of sp³-hybridized carbons (Fsp3) is 0.429. The number of nitrogens with one attached hydrogen (secondary N) is 1. The molecule has 7 heteroatoms. The molecule has 0 atom stereocenters. The minimum atomic E-state index is 0.490. The van der Waals surface area contributed by atoms with Crippen LogP contribution >= 0.6 is 0 Å². The van der Waals surface area contributed by atoms with Crippen LogP contribution < -0.4 is 14.8 Å². The first-order valence-electron chi connectivity index (χ1n) is 9.36. The first kappa shape index (κ1) is 21.5. The average Bonchev–Trinajstić information content (AvgIpc) is 2.71. The van der Waals surface area contributed by atoms with Gasteiger partial charge in [0.1, 0.15) is 12.4 Å². The highest BCUT2D eigenvalue weighted by atomic mass is 16.5. The summed E-state index contributed by atoms with van der Waals surface area (Å²) in [5, 5.41) is 3.36. The van der Waals surface area contributed by atoms with Gasteiger partial charge in [0.2, 0.25) is 5.88 Å².